The van der Waals surface area contributed by atoms with Crippen LogP contribution in [0.3, 0.4) is 0 Å². The smallest absolute Gasteiger partial charge is 0.231 e. The number of hydrogen-bond donors (Lipinski definition) is 2. The largest absolute Gasteiger partial charge is 0.473 e. The zero-order chi connectivity index (χ0) is 19.3. The van der Waals surface area contributed by atoms with Gasteiger partial charge >= 0.3 is 0 Å². The Morgan fingerprint density at radius 1 is 1.14 bits per heavy atom. The first kappa shape index (κ1) is 18.5. The number of hydrogen-bond acceptors (Lipinski definition) is 6. The van der Waals surface area contributed by atoms with E-state index >= 15 is 0 Å². The molecular formula is C21H21FN2O4. The molecule has 146 valence electrons. The molecule has 0 fully saturated rings. The van der Waals surface area contributed by atoms with Crippen LogP contribution in [-0.2, 0) is 13.2 Å². The number of benzene rings is 2. The summed E-state index contributed by atoms with van der Waals surface area (Å²) in [6, 6.07) is 12.0. The van der Waals surface area contributed by atoms with Crippen LogP contribution < -0.4 is 19.5 Å². The highest BCUT2D eigenvalue weighted by molar-refractivity contribution is 5.84. The van der Waals surface area contributed by atoms with Crippen LogP contribution >= 0.6 is 0 Å². The summed E-state index contributed by atoms with van der Waals surface area (Å²) >= 11 is 0. The first-order chi connectivity index (χ1) is 13.7. The maximum Gasteiger partial charge on any atom is 0.231 e. The summed E-state index contributed by atoms with van der Waals surface area (Å²) in [6.07, 6.45) is 0.666. The van der Waals surface area contributed by atoms with E-state index in [1.807, 2.05) is 18.2 Å². The first-order valence-electron chi connectivity index (χ1n) is 9.15. The normalized spacial score (nSPS) is 12.5. The monoisotopic (exact) mass is 384 g/mol. The van der Waals surface area contributed by atoms with Gasteiger partial charge in [0.15, 0.2) is 11.5 Å². The lowest BCUT2D eigenvalue weighted by Crippen LogP contribution is -2.17. The lowest BCUT2D eigenvalue weighted by Gasteiger charge is -2.13. The summed E-state index contributed by atoms with van der Waals surface area (Å²) in [5.41, 5.74) is 2.34. The number of aromatic nitrogens is 1. The van der Waals surface area contributed by atoms with Gasteiger partial charge < -0.3 is 24.6 Å². The van der Waals surface area contributed by atoms with Gasteiger partial charge in [0.1, 0.15) is 12.4 Å². The van der Waals surface area contributed by atoms with E-state index in [4.69, 9.17) is 19.3 Å². The predicted octanol–water partition coefficient (Wildman–Crippen LogP) is 3.15. The molecule has 1 aromatic heterocycles. The number of aliphatic hydroxyl groups is 1. The standard InChI is InChI=1S/C21H21FN2O4/c22-17-4-1-3-14(7-17)12-26-21-16(11-23-5-2-6-25)8-15-9-19-20(28-13-27-19)10-18(15)24-21/h1,3-4,7-10,23,25H,2,5-6,11-13H2. The van der Waals surface area contributed by atoms with E-state index in [0.29, 0.717) is 36.9 Å². The Bertz CT molecular complexity index is 980. The average Bonchev–Trinajstić information content (AvgIpc) is 3.15. The van der Waals surface area contributed by atoms with Crippen LogP contribution in [0.25, 0.3) is 10.9 Å². The van der Waals surface area contributed by atoms with Crippen LogP contribution in [0.5, 0.6) is 17.4 Å². The third-order valence-corrected chi connectivity index (χ3v) is 4.44. The van der Waals surface area contributed by atoms with Crippen LogP contribution in [0.4, 0.5) is 4.39 Å². The average molecular weight is 384 g/mol. The molecule has 2 heterocycles. The topological polar surface area (TPSA) is 72.8 Å². The third kappa shape index (κ3) is 4.16. The van der Waals surface area contributed by atoms with E-state index in [2.05, 4.69) is 10.3 Å². The van der Waals surface area contributed by atoms with Crippen molar-refractivity contribution in [3.05, 3.63) is 59.4 Å². The molecule has 28 heavy (non-hydrogen) atoms. The summed E-state index contributed by atoms with van der Waals surface area (Å²) in [5, 5.41) is 13.1. The number of nitrogens with zero attached hydrogens (tertiary/aromatic N) is 1. The summed E-state index contributed by atoms with van der Waals surface area (Å²) < 4.78 is 30.2. The van der Waals surface area contributed by atoms with Gasteiger partial charge in [-0.05, 0) is 42.8 Å². The summed E-state index contributed by atoms with van der Waals surface area (Å²) in [4.78, 5) is 4.65. The van der Waals surface area contributed by atoms with Gasteiger partial charge in [0, 0.05) is 30.2 Å². The Balaban J connectivity index is 1.61. The maximum absolute atomic E-state index is 13.4. The Kier molecular flexibility index (Phi) is 5.55. The van der Waals surface area contributed by atoms with Gasteiger partial charge in [0.2, 0.25) is 12.7 Å². The van der Waals surface area contributed by atoms with Crippen LogP contribution in [0, 0.1) is 5.82 Å². The number of fused-ring (bicyclic) bond motifs is 2. The third-order valence-electron chi connectivity index (χ3n) is 4.44. The quantitative estimate of drug-likeness (QED) is 0.582. The highest BCUT2D eigenvalue weighted by Gasteiger charge is 2.17. The molecule has 0 radical (unpaired) electrons. The molecule has 1 aliphatic rings. The van der Waals surface area contributed by atoms with Gasteiger partial charge in [-0.15, -0.1) is 0 Å². The van der Waals surface area contributed by atoms with Crippen molar-refractivity contribution in [2.24, 2.45) is 0 Å². The molecule has 4 rings (SSSR count). The van der Waals surface area contributed by atoms with Crippen molar-refractivity contribution in [1.29, 1.82) is 0 Å². The molecule has 0 unspecified atom stereocenters. The lowest BCUT2D eigenvalue weighted by molar-refractivity contribution is 0.174. The van der Waals surface area contributed by atoms with Gasteiger partial charge in [0.05, 0.1) is 5.52 Å². The van der Waals surface area contributed by atoms with E-state index in [9.17, 15) is 4.39 Å². The van der Waals surface area contributed by atoms with Crippen molar-refractivity contribution in [3.63, 3.8) is 0 Å². The molecule has 0 atom stereocenters. The number of rotatable bonds is 8. The second-order valence-corrected chi connectivity index (χ2v) is 6.52. The predicted molar refractivity (Wildman–Crippen MR) is 102 cm³/mol. The molecule has 6 nitrogen and oxygen atoms in total. The number of halogens is 1. The Morgan fingerprint density at radius 3 is 2.82 bits per heavy atom. The van der Waals surface area contributed by atoms with Gasteiger partial charge in [-0.25, -0.2) is 9.37 Å². The highest BCUT2D eigenvalue weighted by atomic mass is 19.1. The first-order valence-corrected chi connectivity index (χ1v) is 9.15. The fraction of sp³-hybridized carbons (Fsp3) is 0.286. The minimum Gasteiger partial charge on any atom is -0.473 e. The van der Waals surface area contributed by atoms with Gasteiger partial charge in [-0.3, -0.25) is 0 Å². The van der Waals surface area contributed by atoms with E-state index in [1.165, 1.54) is 12.1 Å². The molecule has 3 aromatic rings. The summed E-state index contributed by atoms with van der Waals surface area (Å²) in [6.45, 7) is 1.76. The van der Waals surface area contributed by atoms with Crippen LogP contribution in [0.2, 0.25) is 0 Å². The van der Waals surface area contributed by atoms with E-state index in [-0.39, 0.29) is 25.8 Å². The van der Waals surface area contributed by atoms with Crippen LogP contribution in [0.1, 0.15) is 17.5 Å². The second-order valence-electron chi connectivity index (χ2n) is 6.52. The number of pyridine rings is 1. The van der Waals surface area contributed by atoms with Crippen molar-refractivity contribution in [3.8, 4) is 17.4 Å². The van der Waals surface area contributed by atoms with E-state index < -0.39 is 0 Å². The molecule has 2 N–H and O–H groups in total. The minimum atomic E-state index is -0.300. The minimum absolute atomic E-state index is 0.134. The molecule has 7 heteroatoms. The van der Waals surface area contributed by atoms with Crippen LogP contribution in [0.15, 0.2) is 42.5 Å². The Labute approximate surface area is 161 Å². The molecule has 0 aliphatic carbocycles. The summed E-state index contributed by atoms with van der Waals surface area (Å²) in [5.74, 6) is 1.53. The molecule has 0 bridgehead atoms. The van der Waals surface area contributed by atoms with Crippen molar-refractivity contribution >= 4 is 10.9 Å². The van der Waals surface area contributed by atoms with Gasteiger partial charge in [-0.2, -0.15) is 0 Å². The Hall–Kier alpha value is -2.90. The molecule has 2 aromatic carbocycles. The van der Waals surface area contributed by atoms with Crippen molar-refractivity contribution in [2.75, 3.05) is 19.9 Å². The summed E-state index contributed by atoms with van der Waals surface area (Å²) in [7, 11) is 0. The van der Waals surface area contributed by atoms with Crippen LogP contribution in [-0.4, -0.2) is 30.0 Å². The highest BCUT2D eigenvalue weighted by Crippen LogP contribution is 2.37. The zero-order valence-corrected chi connectivity index (χ0v) is 15.3. The number of ether oxygens (including phenoxy) is 3. The lowest BCUT2D eigenvalue weighted by atomic mass is 10.1. The van der Waals surface area contributed by atoms with Crippen molar-refractivity contribution in [2.45, 2.75) is 19.6 Å². The number of nitrogens with one attached hydrogen (secondary N) is 1. The van der Waals surface area contributed by atoms with Crippen molar-refractivity contribution in [1.82, 2.24) is 10.3 Å². The molecule has 1 aliphatic heterocycles. The fourth-order valence-corrected chi connectivity index (χ4v) is 3.05. The second kappa shape index (κ2) is 8.41. The zero-order valence-electron chi connectivity index (χ0n) is 15.3. The molecule has 0 saturated heterocycles. The molecule has 0 amide bonds. The fourth-order valence-electron chi connectivity index (χ4n) is 3.05. The Morgan fingerprint density at radius 2 is 2.00 bits per heavy atom. The number of aliphatic hydroxyl groups excluding tert-OH is 1. The van der Waals surface area contributed by atoms with Gasteiger partial charge in [-0.1, -0.05) is 12.1 Å². The molecular weight excluding hydrogens is 363 g/mol. The SMILES string of the molecule is OCCCNCc1cc2cc3c(cc2nc1OCc1cccc(F)c1)OCO3. The maximum atomic E-state index is 13.4. The van der Waals surface area contributed by atoms with Gasteiger partial charge in [0.25, 0.3) is 0 Å². The van der Waals surface area contributed by atoms with E-state index in [0.717, 1.165) is 22.0 Å². The molecule has 0 saturated carbocycles. The van der Waals surface area contributed by atoms with E-state index in [1.54, 1.807) is 12.1 Å². The van der Waals surface area contributed by atoms with Crippen molar-refractivity contribution < 1.29 is 23.7 Å². The molecule has 0 spiro atoms.